The number of aliphatic carboxylic acids is 1. The molecule has 120 valence electrons. The Balaban J connectivity index is 2.05. The average molecular weight is 316 g/mol. The fourth-order valence-corrected chi connectivity index (χ4v) is 1.95. The molecule has 3 N–H and O–H groups in total. The number of rotatable bonds is 9. The quantitative estimate of drug-likeness (QED) is 0.368. The van der Waals surface area contributed by atoms with Gasteiger partial charge in [-0.2, -0.15) is 0 Å². The molecule has 7 nitrogen and oxygen atoms in total. The maximum absolute atomic E-state index is 10.9. The number of fused-ring (bicyclic) bond motifs is 1. The summed E-state index contributed by atoms with van der Waals surface area (Å²) >= 11 is 0. The number of aromatic nitrogens is 1. The summed E-state index contributed by atoms with van der Waals surface area (Å²) in [5.41, 5.74) is 3.38. The van der Waals surface area contributed by atoms with Gasteiger partial charge >= 0.3 is 5.97 Å². The summed E-state index contributed by atoms with van der Waals surface area (Å²) in [6.07, 6.45) is 7.40. The third-order valence-corrected chi connectivity index (χ3v) is 3.09. The van der Waals surface area contributed by atoms with Crippen LogP contribution >= 0.6 is 0 Å². The van der Waals surface area contributed by atoms with Gasteiger partial charge in [-0.25, -0.2) is 0 Å². The minimum Gasteiger partial charge on any atom is -0.481 e. The van der Waals surface area contributed by atoms with Crippen molar-refractivity contribution in [3.63, 3.8) is 0 Å². The Bertz CT molecular complexity index is 732. The molecule has 1 atom stereocenters. The molecule has 0 unspecified atom stereocenters. The number of benzene rings is 1. The van der Waals surface area contributed by atoms with Crippen LogP contribution in [0.3, 0.4) is 0 Å². The molecule has 23 heavy (non-hydrogen) atoms. The Labute approximate surface area is 132 Å². The monoisotopic (exact) mass is 316 g/mol. The predicted molar refractivity (Wildman–Crippen MR) is 83.1 cm³/mol. The first kappa shape index (κ1) is 16.4. The third kappa shape index (κ3) is 4.49. The number of terminal acetylenes is 1. The van der Waals surface area contributed by atoms with E-state index in [1.165, 1.54) is 0 Å². The van der Waals surface area contributed by atoms with E-state index in [1.54, 1.807) is 18.3 Å². The smallest absolute Gasteiger partial charge is 0.303 e. The van der Waals surface area contributed by atoms with Crippen LogP contribution < -0.4 is 15.1 Å². The largest absolute Gasteiger partial charge is 0.481 e. The number of H-pyrrole nitrogens is 1. The number of ether oxygens (including phenoxy) is 1. The van der Waals surface area contributed by atoms with Gasteiger partial charge in [0, 0.05) is 23.5 Å². The Morgan fingerprint density at radius 3 is 3.04 bits per heavy atom. The van der Waals surface area contributed by atoms with Crippen LogP contribution in [-0.4, -0.2) is 35.0 Å². The second-order valence-corrected chi connectivity index (χ2v) is 4.75. The second kappa shape index (κ2) is 7.87. The van der Waals surface area contributed by atoms with Gasteiger partial charge in [-0.15, -0.1) is 11.9 Å². The van der Waals surface area contributed by atoms with Gasteiger partial charge in [-0.3, -0.25) is 4.79 Å². The normalized spacial score (nSPS) is 11.6. The first-order chi connectivity index (χ1) is 11.1. The summed E-state index contributed by atoms with van der Waals surface area (Å²) in [4.78, 5) is 29.9. The van der Waals surface area contributed by atoms with Gasteiger partial charge in [0.05, 0.1) is 6.04 Å². The van der Waals surface area contributed by atoms with Crippen molar-refractivity contribution in [2.24, 2.45) is 0 Å². The summed E-state index contributed by atoms with van der Waals surface area (Å²) in [6.45, 7) is 0.159. The van der Waals surface area contributed by atoms with Crippen LogP contribution in [0.2, 0.25) is 0 Å². The van der Waals surface area contributed by atoms with Crippen LogP contribution in [0.1, 0.15) is 12.8 Å². The van der Waals surface area contributed by atoms with Crippen molar-refractivity contribution in [2.75, 3.05) is 6.61 Å². The molecule has 0 saturated heterocycles. The van der Waals surface area contributed by atoms with E-state index in [0.29, 0.717) is 17.8 Å². The fourth-order valence-electron chi connectivity index (χ4n) is 1.95. The van der Waals surface area contributed by atoms with Gasteiger partial charge in [-0.1, -0.05) is 5.92 Å². The Hall–Kier alpha value is -2.98. The molecule has 0 aliphatic carbocycles. The SMILES string of the molecule is C#CCOc1ccc2[nH]cc(ON[C@H](C=O)CCC(=O)O)c2c1. The van der Waals surface area contributed by atoms with Gasteiger partial charge in [0.25, 0.3) is 0 Å². The topological polar surface area (TPSA) is 101 Å². The molecule has 1 heterocycles. The van der Waals surface area contributed by atoms with Crippen LogP contribution in [0, 0.1) is 12.3 Å². The van der Waals surface area contributed by atoms with Gasteiger partial charge < -0.3 is 24.5 Å². The van der Waals surface area contributed by atoms with Crippen molar-refractivity contribution in [3.8, 4) is 23.8 Å². The standard InChI is InChI=1S/C16H16N2O5/c1-2-7-22-12-4-5-14-13(8-12)15(9-17-14)23-18-11(10-19)3-6-16(20)21/h1,4-5,8-11,17-18H,3,6-7H2,(H,20,21)/t11-/m0/s1. The van der Waals surface area contributed by atoms with Gasteiger partial charge in [0.2, 0.25) is 0 Å². The van der Waals surface area contributed by atoms with E-state index in [1.807, 2.05) is 6.07 Å². The molecule has 1 aromatic carbocycles. The van der Waals surface area contributed by atoms with Crippen molar-refractivity contribution < 1.29 is 24.3 Å². The summed E-state index contributed by atoms with van der Waals surface area (Å²) in [5.74, 6) is 2.47. The zero-order valence-corrected chi connectivity index (χ0v) is 12.2. The molecule has 2 rings (SSSR count). The number of carboxylic acids is 1. The van der Waals surface area contributed by atoms with E-state index in [4.69, 9.17) is 21.1 Å². The zero-order chi connectivity index (χ0) is 16.7. The molecule has 0 amide bonds. The highest BCUT2D eigenvalue weighted by molar-refractivity contribution is 5.87. The van der Waals surface area contributed by atoms with E-state index < -0.39 is 12.0 Å². The van der Waals surface area contributed by atoms with E-state index >= 15 is 0 Å². The third-order valence-electron chi connectivity index (χ3n) is 3.09. The zero-order valence-electron chi connectivity index (χ0n) is 12.2. The van der Waals surface area contributed by atoms with Crippen LogP contribution in [0.5, 0.6) is 11.5 Å². The summed E-state index contributed by atoms with van der Waals surface area (Å²) in [5, 5.41) is 9.38. The highest BCUT2D eigenvalue weighted by Crippen LogP contribution is 2.28. The molecule has 0 radical (unpaired) electrons. The van der Waals surface area contributed by atoms with E-state index in [9.17, 15) is 9.59 Å². The molecule has 0 aliphatic heterocycles. The second-order valence-electron chi connectivity index (χ2n) is 4.75. The van der Waals surface area contributed by atoms with E-state index in [2.05, 4.69) is 16.4 Å². The molecule has 0 bridgehead atoms. The Morgan fingerprint density at radius 2 is 2.35 bits per heavy atom. The molecular formula is C16H16N2O5. The van der Waals surface area contributed by atoms with Crippen molar-refractivity contribution in [1.82, 2.24) is 10.5 Å². The number of carbonyl (C=O) groups excluding carboxylic acids is 1. The van der Waals surface area contributed by atoms with Crippen molar-refractivity contribution >= 4 is 23.2 Å². The van der Waals surface area contributed by atoms with Crippen LogP contribution in [0.25, 0.3) is 10.9 Å². The number of hydrogen-bond acceptors (Lipinski definition) is 5. The van der Waals surface area contributed by atoms with Crippen molar-refractivity contribution in [1.29, 1.82) is 0 Å². The Kier molecular flexibility index (Phi) is 5.61. The molecule has 0 aliphatic rings. The molecular weight excluding hydrogens is 300 g/mol. The highest BCUT2D eigenvalue weighted by atomic mass is 16.6. The number of aromatic amines is 1. The lowest BCUT2D eigenvalue weighted by molar-refractivity contribution is -0.137. The molecule has 0 fully saturated rings. The number of aldehydes is 1. The maximum atomic E-state index is 10.9. The minimum atomic E-state index is -0.971. The number of carboxylic acid groups (broad SMARTS) is 1. The maximum Gasteiger partial charge on any atom is 0.303 e. The lowest BCUT2D eigenvalue weighted by Crippen LogP contribution is -2.33. The highest BCUT2D eigenvalue weighted by Gasteiger charge is 2.12. The lowest BCUT2D eigenvalue weighted by Gasteiger charge is -2.12. The molecule has 0 saturated carbocycles. The van der Waals surface area contributed by atoms with Crippen molar-refractivity contribution in [3.05, 3.63) is 24.4 Å². The van der Waals surface area contributed by atoms with Gasteiger partial charge in [-0.05, 0) is 24.6 Å². The van der Waals surface area contributed by atoms with Crippen molar-refractivity contribution in [2.45, 2.75) is 18.9 Å². The summed E-state index contributed by atoms with van der Waals surface area (Å²) in [6, 6.07) is 4.63. The number of nitrogens with one attached hydrogen (secondary N) is 2. The first-order valence-corrected chi connectivity index (χ1v) is 6.91. The first-order valence-electron chi connectivity index (χ1n) is 6.91. The van der Waals surface area contributed by atoms with Crippen LogP contribution in [0.15, 0.2) is 24.4 Å². The lowest BCUT2D eigenvalue weighted by atomic mass is 10.2. The average Bonchev–Trinajstić information content (AvgIpc) is 2.95. The summed E-state index contributed by atoms with van der Waals surface area (Å²) in [7, 11) is 0. The predicted octanol–water partition coefficient (Wildman–Crippen LogP) is 1.50. The van der Waals surface area contributed by atoms with Gasteiger partial charge in [0.15, 0.2) is 5.75 Å². The van der Waals surface area contributed by atoms with E-state index in [0.717, 1.165) is 10.9 Å². The van der Waals surface area contributed by atoms with Crippen LogP contribution in [-0.2, 0) is 9.59 Å². The van der Waals surface area contributed by atoms with Gasteiger partial charge in [0.1, 0.15) is 18.6 Å². The number of hydrogen-bond donors (Lipinski definition) is 3. The van der Waals surface area contributed by atoms with E-state index in [-0.39, 0.29) is 19.4 Å². The molecule has 7 heteroatoms. The Morgan fingerprint density at radius 1 is 1.52 bits per heavy atom. The fraction of sp³-hybridized carbons (Fsp3) is 0.250. The van der Waals surface area contributed by atoms with Crippen LogP contribution in [0.4, 0.5) is 0 Å². The number of carbonyl (C=O) groups is 2. The summed E-state index contributed by atoms with van der Waals surface area (Å²) < 4.78 is 5.35. The molecule has 2 aromatic rings. The minimum absolute atomic E-state index is 0.127. The molecule has 1 aromatic heterocycles. The number of hydroxylamine groups is 1. The molecule has 0 spiro atoms.